The summed E-state index contributed by atoms with van der Waals surface area (Å²) in [4.78, 5) is 34.6. The van der Waals surface area contributed by atoms with E-state index in [1.165, 1.54) is 11.1 Å². The van der Waals surface area contributed by atoms with Crippen LogP contribution in [0.4, 0.5) is 11.6 Å². The number of nitrogen functional groups attached to an aromatic ring is 1. The van der Waals surface area contributed by atoms with Crippen LogP contribution < -0.4 is 21.9 Å². The summed E-state index contributed by atoms with van der Waals surface area (Å²) < 4.78 is 1.57. The van der Waals surface area contributed by atoms with Crippen molar-refractivity contribution in [2.24, 2.45) is 0 Å². The zero-order valence-electron chi connectivity index (χ0n) is 18.6. The van der Waals surface area contributed by atoms with Crippen molar-refractivity contribution in [3.63, 3.8) is 0 Å². The number of nitrogens with one attached hydrogen (secondary N) is 2. The lowest BCUT2D eigenvalue weighted by Crippen LogP contribution is -2.36. The maximum atomic E-state index is 13.1. The van der Waals surface area contributed by atoms with Gasteiger partial charge in [-0.2, -0.15) is 0 Å². The summed E-state index contributed by atoms with van der Waals surface area (Å²) in [5.74, 6) is 0.515. The number of carbonyl (C=O) groups is 1. The average molecular weight is 433 g/mol. The highest BCUT2D eigenvalue weighted by Gasteiger charge is 2.30. The van der Waals surface area contributed by atoms with Gasteiger partial charge in [0, 0.05) is 30.7 Å². The maximum absolute atomic E-state index is 13.1. The summed E-state index contributed by atoms with van der Waals surface area (Å²) in [5.41, 5.74) is 11.4. The molecule has 0 fully saturated rings. The largest absolute Gasteiger partial charge is 0.384 e. The molecule has 2 aromatic heterocycles. The van der Waals surface area contributed by atoms with E-state index >= 15 is 0 Å². The fraction of sp³-hybridized carbons (Fsp3) is 0.333. The van der Waals surface area contributed by atoms with E-state index in [2.05, 4.69) is 46.6 Å². The van der Waals surface area contributed by atoms with Crippen molar-refractivity contribution >= 4 is 17.5 Å². The molecule has 32 heavy (non-hydrogen) atoms. The highest BCUT2D eigenvalue weighted by Crippen LogP contribution is 2.24. The molecule has 0 saturated heterocycles. The smallest absolute Gasteiger partial charge is 0.294 e. The number of hydrogen-bond donors (Lipinski definition) is 3. The number of aryl methyl sites for hydroxylation is 4. The van der Waals surface area contributed by atoms with Gasteiger partial charge >= 0.3 is 0 Å². The zero-order chi connectivity index (χ0) is 22.8. The average Bonchev–Trinajstić information content (AvgIpc) is 3.20. The molecule has 4 rings (SSSR count). The lowest BCUT2D eigenvalue weighted by atomic mass is 10.1. The van der Waals surface area contributed by atoms with E-state index in [9.17, 15) is 9.59 Å². The molecule has 1 aliphatic heterocycles. The number of benzene rings is 1. The van der Waals surface area contributed by atoms with Gasteiger partial charge in [-0.3, -0.25) is 14.2 Å². The van der Waals surface area contributed by atoms with E-state index in [-0.39, 0.29) is 17.3 Å². The molecule has 0 radical (unpaired) electrons. The molecule has 0 unspecified atom stereocenters. The molecule has 1 aromatic carbocycles. The first kappa shape index (κ1) is 21.5. The number of aromatic nitrogens is 3. The number of hydrogen-bond acceptors (Lipinski definition) is 6. The second-order valence-electron chi connectivity index (χ2n) is 8.30. The van der Waals surface area contributed by atoms with Crippen LogP contribution in [0.2, 0.25) is 0 Å². The lowest BCUT2D eigenvalue weighted by Gasteiger charge is -2.16. The summed E-state index contributed by atoms with van der Waals surface area (Å²) in [7, 11) is 0. The van der Waals surface area contributed by atoms with Gasteiger partial charge in [-0.05, 0) is 61.9 Å². The topological polar surface area (TPSA) is 115 Å². The molecule has 3 aromatic rings. The molecule has 166 valence electrons. The van der Waals surface area contributed by atoms with Crippen LogP contribution in [0.15, 0.2) is 41.3 Å². The molecular weight excluding hydrogens is 404 g/mol. The Hall–Kier alpha value is -3.68. The van der Waals surface area contributed by atoms with Crippen LogP contribution in [0.1, 0.15) is 46.1 Å². The molecule has 0 bridgehead atoms. The number of fused-ring (bicyclic) bond motifs is 1. The van der Waals surface area contributed by atoms with Crippen LogP contribution in [-0.4, -0.2) is 20.4 Å². The zero-order valence-corrected chi connectivity index (χ0v) is 18.6. The molecule has 4 N–H and O–H groups in total. The Labute approximate surface area is 186 Å². The Morgan fingerprint density at radius 3 is 2.72 bits per heavy atom. The highest BCUT2D eigenvalue weighted by molar-refractivity contribution is 5.81. The van der Waals surface area contributed by atoms with Crippen LogP contribution in [0.25, 0.3) is 0 Å². The lowest BCUT2D eigenvalue weighted by molar-refractivity contribution is -0.124. The summed E-state index contributed by atoms with van der Waals surface area (Å²) >= 11 is 0. The van der Waals surface area contributed by atoms with Crippen molar-refractivity contribution < 1.29 is 4.79 Å². The Balaban J connectivity index is 1.48. The minimum absolute atomic E-state index is 0.187. The predicted molar refractivity (Wildman–Crippen MR) is 124 cm³/mol. The van der Waals surface area contributed by atoms with Gasteiger partial charge in [-0.1, -0.05) is 24.3 Å². The van der Waals surface area contributed by atoms with Gasteiger partial charge < -0.3 is 16.4 Å². The van der Waals surface area contributed by atoms with Crippen molar-refractivity contribution in [2.75, 3.05) is 11.1 Å². The van der Waals surface area contributed by atoms with Crippen LogP contribution in [0.5, 0.6) is 0 Å². The normalized spacial score (nSPS) is 14.8. The first-order valence-electron chi connectivity index (χ1n) is 10.7. The number of pyridine rings is 1. The second-order valence-corrected chi connectivity index (χ2v) is 8.30. The number of rotatable bonds is 6. The van der Waals surface area contributed by atoms with Gasteiger partial charge in [0.25, 0.3) is 5.56 Å². The first-order valence-corrected chi connectivity index (χ1v) is 10.7. The van der Waals surface area contributed by atoms with Crippen LogP contribution in [-0.2, 0) is 24.3 Å². The third kappa shape index (κ3) is 4.34. The number of anilines is 2. The van der Waals surface area contributed by atoms with Crippen LogP contribution in [0.3, 0.4) is 0 Å². The van der Waals surface area contributed by atoms with Gasteiger partial charge in [0.15, 0.2) is 5.82 Å². The molecule has 0 spiro atoms. The Bertz CT molecular complexity index is 1230. The van der Waals surface area contributed by atoms with Gasteiger partial charge in [0.1, 0.15) is 11.9 Å². The third-order valence-corrected chi connectivity index (χ3v) is 6.06. The minimum atomic E-state index is -0.551. The summed E-state index contributed by atoms with van der Waals surface area (Å²) in [6.07, 6.45) is 2.90. The van der Waals surface area contributed by atoms with Gasteiger partial charge in [0.2, 0.25) is 5.91 Å². The van der Waals surface area contributed by atoms with Gasteiger partial charge in [-0.15, -0.1) is 0 Å². The van der Waals surface area contributed by atoms with Gasteiger partial charge in [0.05, 0.1) is 0 Å². The molecular formula is C24H28N6O2. The van der Waals surface area contributed by atoms with E-state index in [0.717, 1.165) is 22.5 Å². The number of nitrogens with two attached hydrogens (primary N) is 1. The standard InChI is InChI=1S/C24H28N6O2/c1-14-4-5-17(10-15(14)2)11-26-22-24(32)30-19(13-27-22)7-8-20(30)23(31)28-12-18-6-9-21(25)29-16(18)3/h4-6,9-10,13,20H,7-8,11-12H2,1-3H3,(H2,25,29)(H,26,27)(H,28,31)/t20-/m0/s1. The Morgan fingerprint density at radius 1 is 1.16 bits per heavy atom. The molecule has 8 heteroatoms. The second kappa shape index (κ2) is 8.82. The van der Waals surface area contributed by atoms with Crippen molar-refractivity contribution in [2.45, 2.75) is 52.7 Å². The first-order chi connectivity index (χ1) is 15.3. The van der Waals surface area contributed by atoms with E-state index in [1.807, 2.05) is 19.1 Å². The van der Waals surface area contributed by atoms with Crippen LogP contribution >= 0.6 is 0 Å². The minimum Gasteiger partial charge on any atom is -0.384 e. The van der Waals surface area contributed by atoms with Crippen molar-refractivity contribution in [3.05, 3.63) is 80.5 Å². The van der Waals surface area contributed by atoms with E-state index in [0.29, 0.717) is 31.7 Å². The van der Waals surface area contributed by atoms with Crippen molar-refractivity contribution in [1.29, 1.82) is 0 Å². The number of nitrogens with zero attached hydrogens (tertiary/aromatic N) is 3. The summed E-state index contributed by atoms with van der Waals surface area (Å²) in [5, 5.41) is 6.08. The van der Waals surface area contributed by atoms with E-state index < -0.39 is 6.04 Å². The highest BCUT2D eigenvalue weighted by atomic mass is 16.2. The van der Waals surface area contributed by atoms with Crippen LogP contribution in [0, 0.1) is 20.8 Å². The molecule has 0 aliphatic carbocycles. The third-order valence-electron chi connectivity index (χ3n) is 6.06. The SMILES string of the molecule is Cc1ccc(CNc2ncc3n(c2=O)[C@H](C(=O)NCc2ccc(N)nc2C)CC3)cc1C. The molecule has 1 atom stereocenters. The summed E-state index contributed by atoms with van der Waals surface area (Å²) in [6, 6.07) is 9.20. The number of carbonyl (C=O) groups excluding carboxylic acids is 1. The summed E-state index contributed by atoms with van der Waals surface area (Å²) in [6.45, 7) is 6.81. The van der Waals surface area contributed by atoms with Gasteiger partial charge in [-0.25, -0.2) is 9.97 Å². The fourth-order valence-corrected chi connectivity index (χ4v) is 4.01. The monoisotopic (exact) mass is 432 g/mol. The Morgan fingerprint density at radius 2 is 1.97 bits per heavy atom. The molecule has 0 saturated carbocycles. The quantitative estimate of drug-likeness (QED) is 0.551. The van der Waals surface area contributed by atoms with E-state index in [1.54, 1.807) is 16.8 Å². The maximum Gasteiger partial charge on any atom is 0.294 e. The molecule has 8 nitrogen and oxygen atoms in total. The fourth-order valence-electron chi connectivity index (χ4n) is 4.01. The molecule has 3 heterocycles. The molecule has 1 aliphatic rings. The van der Waals surface area contributed by atoms with Crippen molar-refractivity contribution in [1.82, 2.24) is 19.9 Å². The number of amides is 1. The van der Waals surface area contributed by atoms with Crippen molar-refractivity contribution in [3.8, 4) is 0 Å². The van der Waals surface area contributed by atoms with E-state index in [4.69, 9.17) is 5.73 Å². The Kier molecular flexibility index (Phi) is 5.94. The predicted octanol–water partition coefficient (Wildman–Crippen LogP) is 2.56. The molecule has 1 amide bonds.